The highest BCUT2D eigenvalue weighted by atomic mass is 16.5. The summed E-state index contributed by atoms with van der Waals surface area (Å²) in [6, 6.07) is -1.36. The molecule has 0 aromatic rings. The summed E-state index contributed by atoms with van der Waals surface area (Å²) in [6.45, 7) is 2.71. The summed E-state index contributed by atoms with van der Waals surface area (Å²) in [5, 5.41) is 4.98. The van der Waals surface area contributed by atoms with E-state index in [1.165, 1.54) is 7.11 Å². The van der Waals surface area contributed by atoms with E-state index in [2.05, 4.69) is 15.4 Å². The van der Waals surface area contributed by atoms with Crippen LogP contribution in [0.3, 0.4) is 0 Å². The summed E-state index contributed by atoms with van der Waals surface area (Å²) in [6.07, 6.45) is 0.102. The number of rotatable bonds is 9. The van der Waals surface area contributed by atoms with E-state index < -0.39 is 17.9 Å². The van der Waals surface area contributed by atoms with Gasteiger partial charge in [-0.2, -0.15) is 0 Å². The summed E-state index contributed by atoms with van der Waals surface area (Å²) < 4.78 is 9.36. The second-order valence-corrected chi connectivity index (χ2v) is 3.61. The van der Waals surface area contributed by atoms with Crippen LogP contribution in [0.4, 0.5) is 0 Å². The largest absolute Gasteiger partial charge is 0.464 e. The molecule has 0 aliphatic rings. The van der Waals surface area contributed by atoms with Crippen LogP contribution in [-0.2, 0) is 23.9 Å². The first-order chi connectivity index (χ1) is 9.02. The van der Waals surface area contributed by atoms with Crippen molar-refractivity contribution in [2.75, 3.05) is 33.4 Å². The number of hydrogen-bond acceptors (Lipinski definition) is 6. The Morgan fingerprint density at radius 1 is 1.21 bits per heavy atom. The first-order valence-corrected chi connectivity index (χ1v) is 5.98. The first kappa shape index (κ1) is 17.3. The van der Waals surface area contributed by atoms with Gasteiger partial charge in [0, 0.05) is 26.6 Å². The van der Waals surface area contributed by atoms with Gasteiger partial charge >= 0.3 is 5.97 Å². The minimum Gasteiger partial charge on any atom is -0.464 e. The lowest BCUT2D eigenvalue weighted by Crippen LogP contribution is -2.47. The Hall–Kier alpha value is -1.67. The smallest absolute Gasteiger partial charge is 0.332 e. The van der Waals surface area contributed by atoms with Crippen molar-refractivity contribution in [3.63, 3.8) is 0 Å². The van der Waals surface area contributed by atoms with Crippen LogP contribution in [0.25, 0.3) is 0 Å². The van der Waals surface area contributed by atoms with E-state index in [-0.39, 0.29) is 25.5 Å². The highest BCUT2D eigenvalue weighted by molar-refractivity contribution is 6.01. The zero-order valence-corrected chi connectivity index (χ0v) is 11.2. The van der Waals surface area contributed by atoms with Gasteiger partial charge in [0.05, 0.1) is 13.2 Å². The highest BCUT2D eigenvalue weighted by Crippen LogP contribution is 1.87. The van der Waals surface area contributed by atoms with E-state index in [4.69, 9.17) is 10.5 Å². The fraction of sp³-hybridized carbons (Fsp3) is 0.727. The average molecular weight is 275 g/mol. The monoisotopic (exact) mass is 275 g/mol. The molecule has 1 unspecified atom stereocenters. The fourth-order valence-electron chi connectivity index (χ4n) is 1.13. The molecule has 8 heteroatoms. The molecule has 0 saturated heterocycles. The number of hydrogen-bond donors (Lipinski definition) is 3. The molecule has 0 rings (SSSR count). The van der Waals surface area contributed by atoms with Gasteiger partial charge in [-0.1, -0.05) is 0 Å². The van der Waals surface area contributed by atoms with Crippen LogP contribution in [0.5, 0.6) is 0 Å². The van der Waals surface area contributed by atoms with Crippen LogP contribution in [0.1, 0.15) is 13.3 Å². The van der Waals surface area contributed by atoms with Crippen molar-refractivity contribution in [1.29, 1.82) is 0 Å². The number of carbonyl (C=O) groups is 3. The summed E-state index contributed by atoms with van der Waals surface area (Å²) in [5.74, 6) is -1.67. The molecular formula is C11H21N3O5. The molecule has 2 amide bonds. The minimum atomic E-state index is -1.36. The molecule has 0 bridgehead atoms. The van der Waals surface area contributed by atoms with Gasteiger partial charge in [-0.15, -0.1) is 0 Å². The van der Waals surface area contributed by atoms with Crippen molar-refractivity contribution < 1.29 is 23.9 Å². The molecule has 0 saturated carbocycles. The normalized spacial score (nSPS) is 11.5. The molecule has 8 nitrogen and oxygen atoms in total. The first-order valence-electron chi connectivity index (χ1n) is 5.98. The lowest BCUT2D eigenvalue weighted by molar-refractivity contribution is -0.147. The van der Waals surface area contributed by atoms with Crippen LogP contribution in [-0.4, -0.2) is 57.2 Å². The van der Waals surface area contributed by atoms with Crippen molar-refractivity contribution in [2.24, 2.45) is 5.73 Å². The van der Waals surface area contributed by atoms with E-state index in [1.54, 1.807) is 6.92 Å². The summed E-state index contributed by atoms with van der Waals surface area (Å²) in [5.41, 5.74) is 5.36. The number of nitrogens with one attached hydrogen (secondary N) is 2. The van der Waals surface area contributed by atoms with Gasteiger partial charge in [0.2, 0.25) is 11.8 Å². The van der Waals surface area contributed by atoms with E-state index in [0.717, 1.165) is 0 Å². The maximum atomic E-state index is 11.4. The zero-order valence-electron chi connectivity index (χ0n) is 11.2. The van der Waals surface area contributed by atoms with E-state index in [0.29, 0.717) is 13.2 Å². The minimum absolute atomic E-state index is 0.102. The molecule has 0 heterocycles. The fourth-order valence-corrected chi connectivity index (χ4v) is 1.13. The van der Waals surface area contributed by atoms with Crippen molar-refractivity contribution in [1.82, 2.24) is 10.6 Å². The molecule has 0 aliphatic heterocycles. The van der Waals surface area contributed by atoms with E-state index >= 15 is 0 Å². The zero-order chi connectivity index (χ0) is 14.7. The lowest BCUT2D eigenvalue weighted by Gasteiger charge is -2.11. The van der Waals surface area contributed by atoms with Crippen molar-refractivity contribution >= 4 is 17.8 Å². The van der Waals surface area contributed by atoms with Gasteiger partial charge in [-0.25, -0.2) is 4.79 Å². The van der Waals surface area contributed by atoms with Gasteiger partial charge in [-0.3, -0.25) is 9.59 Å². The van der Waals surface area contributed by atoms with Crippen molar-refractivity contribution in [3.8, 4) is 0 Å². The Morgan fingerprint density at radius 3 is 2.47 bits per heavy atom. The van der Waals surface area contributed by atoms with Gasteiger partial charge in [0.1, 0.15) is 0 Å². The Morgan fingerprint density at radius 2 is 1.89 bits per heavy atom. The Kier molecular flexibility index (Phi) is 9.37. The SMILES string of the molecule is CCOC(=O)C(N)C(=O)NCCC(=O)NCCOC. The highest BCUT2D eigenvalue weighted by Gasteiger charge is 2.22. The van der Waals surface area contributed by atoms with Crippen LogP contribution >= 0.6 is 0 Å². The van der Waals surface area contributed by atoms with Gasteiger partial charge in [-0.05, 0) is 6.92 Å². The number of ether oxygens (including phenoxy) is 2. The standard InChI is InChI=1S/C11H21N3O5/c1-3-19-11(17)9(12)10(16)14-5-4-8(15)13-6-7-18-2/h9H,3-7,12H2,1-2H3,(H,13,15)(H,14,16). The second kappa shape index (κ2) is 10.3. The van der Waals surface area contributed by atoms with E-state index in [9.17, 15) is 14.4 Å². The molecule has 0 fully saturated rings. The molecule has 0 spiro atoms. The molecule has 110 valence electrons. The third kappa shape index (κ3) is 8.11. The Bertz CT molecular complexity index is 309. The molecule has 1 atom stereocenters. The van der Waals surface area contributed by atoms with Crippen molar-refractivity contribution in [2.45, 2.75) is 19.4 Å². The van der Waals surface area contributed by atoms with Crippen LogP contribution in [0.15, 0.2) is 0 Å². The number of methoxy groups -OCH3 is 1. The number of carbonyl (C=O) groups excluding carboxylic acids is 3. The van der Waals surface area contributed by atoms with Crippen LogP contribution < -0.4 is 16.4 Å². The molecule has 0 aromatic heterocycles. The number of amides is 2. The maximum Gasteiger partial charge on any atom is 0.332 e. The topological polar surface area (TPSA) is 120 Å². The second-order valence-electron chi connectivity index (χ2n) is 3.61. The van der Waals surface area contributed by atoms with Crippen LogP contribution in [0.2, 0.25) is 0 Å². The Labute approximate surface area is 112 Å². The molecular weight excluding hydrogens is 254 g/mol. The average Bonchev–Trinajstić information content (AvgIpc) is 2.38. The van der Waals surface area contributed by atoms with Gasteiger partial charge < -0.3 is 25.8 Å². The maximum absolute atomic E-state index is 11.4. The third-order valence-electron chi connectivity index (χ3n) is 2.10. The van der Waals surface area contributed by atoms with Crippen LogP contribution in [0, 0.1) is 0 Å². The predicted molar refractivity (Wildman–Crippen MR) is 67.1 cm³/mol. The summed E-state index contributed by atoms with van der Waals surface area (Å²) in [4.78, 5) is 33.8. The quantitative estimate of drug-likeness (QED) is 0.258. The van der Waals surface area contributed by atoms with Crippen molar-refractivity contribution in [3.05, 3.63) is 0 Å². The molecule has 19 heavy (non-hydrogen) atoms. The molecule has 4 N–H and O–H groups in total. The Balaban J connectivity index is 3.78. The molecule has 0 aromatic carbocycles. The molecule has 0 aliphatic carbocycles. The third-order valence-corrected chi connectivity index (χ3v) is 2.10. The summed E-state index contributed by atoms with van der Waals surface area (Å²) >= 11 is 0. The lowest BCUT2D eigenvalue weighted by atomic mass is 10.3. The van der Waals surface area contributed by atoms with Gasteiger partial charge in [0.15, 0.2) is 6.04 Å². The summed E-state index contributed by atoms with van der Waals surface area (Å²) in [7, 11) is 1.53. The number of nitrogens with two attached hydrogens (primary N) is 1. The molecule has 0 radical (unpaired) electrons. The van der Waals surface area contributed by atoms with Gasteiger partial charge in [0.25, 0.3) is 0 Å². The number of esters is 1. The van der Waals surface area contributed by atoms with E-state index in [1.807, 2.05) is 0 Å². The predicted octanol–water partition coefficient (Wildman–Crippen LogP) is -1.85.